The summed E-state index contributed by atoms with van der Waals surface area (Å²) in [6.07, 6.45) is 2.07. The van der Waals surface area contributed by atoms with Gasteiger partial charge in [0.2, 0.25) is 0 Å². The van der Waals surface area contributed by atoms with Crippen LogP contribution in [0, 0.1) is 0 Å². The molecule has 2 aromatic rings. The van der Waals surface area contributed by atoms with Crippen LogP contribution in [0.15, 0.2) is 23.3 Å². The summed E-state index contributed by atoms with van der Waals surface area (Å²) in [6.45, 7) is 1.90. The number of carbonyl (C=O) groups excluding carboxylic acids is 1. The lowest BCUT2D eigenvalue weighted by Crippen LogP contribution is -2.17. The van der Waals surface area contributed by atoms with Crippen LogP contribution in [0.4, 0.5) is 5.13 Å². The number of benzene rings is 1. The van der Waals surface area contributed by atoms with E-state index in [1.165, 1.54) is 19.4 Å². The standard InChI is InChI=1S/C14H16N4O3S/c1-3-9-12(22-14(15)17-9)13(20)18-16-7-8-4-5-10(19)11(6-8)21-2/h4-7,19H,3H2,1-2H3,(H2,15,17)(H,18,20). The number of rotatable bonds is 5. The van der Waals surface area contributed by atoms with Crippen LogP contribution < -0.4 is 15.9 Å². The number of anilines is 1. The summed E-state index contributed by atoms with van der Waals surface area (Å²) in [4.78, 5) is 16.6. The van der Waals surface area contributed by atoms with Gasteiger partial charge in [-0.05, 0) is 30.2 Å². The zero-order valence-corrected chi connectivity index (χ0v) is 13.0. The Bertz CT molecular complexity index is 712. The van der Waals surface area contributed by atoms with Crippen molar-refractivity contribution >= 4 is 28.6 Å². The summed E-state index contributed by atoms with van der Waals surface area (Å²) in [5.41, 5.74) is 9.37. The highest BCUT2D eigenvalue weighted by atomic mass is 32.1. The van der Waals surface area contributed by atoms with Crippen LogP contribution in [0.2, 0.25) is 0 Å². The van der Waals surface area contributed by atoms with Crippen molar-refractivity contribution < 1.29 is 14.6 Å². The number of hydrogen-bond donors (Lipinski definition) is 3. The predicted molar refractivity (Wildman–Crippen MR) is 85.6 cm³/mol. The highest BCUT2D eigenvalue weighted by molar-refractivity contribution is 7.17. The predicted octanol–water partition coefficient (Wildman–Crippen LogP) is 1.77. The molecule has 2 rings (SSSR count). The summed E-state index contributed by atoms with van der Waals surface area (Å²) in [7, 11) is 1.46. The maximum atomic E-state index is 12.0. The average molecular weight is 320 g/mol. The number of nitrogens with one attached hydrogen (secondary N) is 1. The first-order valence-corrected chi connectivity index (χ1v) is 7.32. The number of aryl methyl sites for hydroxylation is 1. The molecule has 22 heavy (non-hydrogen) atoms. The summed E-state index contributed by atoms with van der Waals surface area (Å²) in [5, 5.41) is 13.7. The van der Waals surface area contributed by atoms with Crippen molar-refractivity contribution in [3.63, 3.8) is 0 Å². The van der Waals surface area contributed by atoms with E-state index in [1.807, 2.05) is 6.92 Å². The average Bonchev–Trinajstić information content (AvgIpc) is 2.90. The highest BCUT2D eigenvalue weighted by Crippen LogP contribution is 2.25. The Morgan fingerprint density at radius 2 is 2.36 bits per heavy atom. The van der Waals surface area contributed by atoms with Gasteiger partial charge in [0.15, 0.2) is 16.6 Å². The molecule has 0 radical (unpaired) electrons. The number of ether oxygens (including phenoxy) is 1. The lowest BCUT2D eigenvalue weighted by atomic mass is 10.2. The van der Waals surface area contributed by atoms with Crippen LogP contribution in [-0.4, -0.2) is 29.3 Å². The minimum absolute atomic E-state index is 0.0383. The van der Waals surface area contributed by atoms with Gasteiger partial charge in [-0.25, -0.2) is 10.4 Å². The van der Waals surface area contributed by atoms with Gasteiger partial charge in [0, 0.05) is 0 Å². The Kier molecular flexibility index (Phi) is 4.95. The number of phenolic OH excluding ortho intramolecular Hbond substituents is 1. The number of aromatic nitrogens is 1. The molecule has 0 aliphatic rings. The highest BCUT2D eigenvalue weighted by Gasteiger charge is 2.15. The van der Waals surface area contributed by atoms with Crippen molar-refractivity contribution in [3.8, 4) is 11.5 Å². The van der Waals surface area contributed by atoms with Crippen molar-refractivity contribution in [2.24, 2.45) is 5.10 Å². The number of hydrazone groups is 1. The van der Waals surface area contributed by atoms with Crippen LogP contribution in [0.25, 0.3) is 0 Å². The number of thiazole rings is 1. The Morgan fingerprint density at radius 1 is 1.59 bits per heavy atom. The molecule has 0 saturated carbocycles. The summed E-state index contributed by atoms with van der Waals surface area (Å²) < 4.78 is 5.00. The molecule has 116 valence electrons. The topological polar surface area (TPSA) is 110 Å². The van der Waals surface area contributed by atoms with E-state index in [-0.39, 0.29) is 11.7 Å². The van der Waals surface area contributed by atoms with E-state index < -0.39 is 0 Å². The second kappa shape index (κ2) is 6.90. The molecular formula is C14H16N4O3S. The van der Waals surface area contributed by atoms with Crippen molar-refractivity contribution in [2.75, 3.05) is 12.8 Å². The number of phenols is 1. The van der Waals surface area contributed by atoms with E-state index in [2.05, 4.69) is 15.5 Å². The lowest BCUT2D eigenvalue weighted by Gasteiger charge is -2.03. The first-order chi connectivity index (χ1) is 10.5. The number of nitrogens with two attached hydrogens (primary N) is 1. The molecule has 0 aliphatic heterocycles. The van der Waals surface area contributed by atoms with E-state index in [0.717, 1.165) is 11.3 Å². The molecule has 8 heteroatoms. The molecule has 1 amide bonds. The summed E-state index contributed by atoms with van der Waals surface area (Å²) in [6, 6.07) is 4.74. The van der Waals surface area contributed by atoms with Gasteiger partial charge in [-0.15, -0.1) is 0 Å². The van der Waals surface area contributed by atoms with Crippen LogP contribution in [0.1, 0.15) is 27.9 Å². The van der Waals surface area contributed by atoms with E-state index in [1.54, 1.807) is 12.1 Å². The van der Waals surface area contributed by atoms with E-state index in [0.29, 0.717) is 33.4 Å². The van der Waals surface area contributed by atoms with Crippen molar-refractivity contribution in [2.45, 2.75) is 13.3 Å². The third kappa shape index (κ3) is 3.53. The fourth-order valence-electron chi connectivity index (χ4n) is 1.78. The molecule has 0 bridgehead atoms. The Balaban J connectivity index is 2.07. The van der Waals surface area contributed by atoms with E-state index in [9.17, 15) is 9.90 Å². The van der Waals surface area contributed by atoms with Gasteiger partial charge in [0.05, 0.1) is 19.0 Å². The molecule has 4 N–H and O–H groups in total. The van der Waals surface area contributed by atoms with Gasteiger partial charge in [-0.1, -0.05) is 18.3 Å². The number of nitrogens with zero attached hydrogens (tertiary/aromatic N) is 2. The zero-order valence-electron chi connectivity index (χ0n) is 12.2. The maximum absolute atomic E-state index is 12.0. The van der Waals surface area contributed by atoms with Crippen LogP contribution in [0.5, 0.6) is 11.5 Å². The fraction of sp³-hybridized carbons (Fsp3) is 0.214. The van der Waals surface area contributed by atoms with Crippen LogP contribution in [-0.2, 0) is 6.42 Å². The van der Waals surface area contributed by atoms with E-state index in [4.69, 9.17) is 10.5 Å². The van der Waals surface area contributed by atoms with Gasteiger partial charge in [0.25, 0.3) is 5.91 Å². The van der Waals surface area contributed by atoms with Crippen molar-refractivity contribution in [3.05, 3.63) is 34.3 Å². The lowest BCUT2D eigenvalue weighted by molar-refractivity contribution is 0.0958. The second-order valence-corrected chi connectivity index (χ2v) is 5.34. The first-order valence-electron chi connectivity index (χ1n) is 6.50. The molecule has 1 aromatic carbocycles. The minimum Gasteiger partial charge on any atom is -0.504 e. The summed E-state index contributed by atoms with van der Waals surface area (Å²) >= 11 is 1.13. The van der Waals surface area contributed by atoms with Gasteiger partial charge in [-0.3, -0.25) is 4.79 Å². The first kappa shape index (κ1) is 15.8. The second-order valence-electron chi connectivity index (χ2n) is 4.31. The minimum atomic E-state index is -0.354. The third-order valence-electron chi connectivity index (χ3n) is 2.84. The normalized spacial score (nSPS) is 10.8. The molecule has 1 aromatic heterocycles. The Hall–Kier alpha value is -2.61. The molecule has 0 fully saturated rings. The van der Waals surface area contributed by atoms with Crippen molar-refractivity contribution in [1.29, 1.82) is 0 Å². The molecule has 0 aliphatic carbocycles. The van der Waals surface area contributed by atoms with Gasteiger partial charge in [-0.2, -0.15) is 5.10 Å². The molecule has 7 nitrogen and oxygen atoms in total. The number of methoxy groups -OCH3 is 1. The van der Waals surface area contributed by atoms with Gasteiger partial charge >= 0.3 is 0 Å². The smallest absolute Gasteiger partial charge is 0.283 e. The van der Waals surface area contributed by atoms with E-state index >= 15 is 0 Å². The maximum Gasteiger partial charge on any atom is 0.283 e. The molecule has 0 saturated heterocycles. The van der Waals surface area contributed by atoms with Gasteiger partial charge in [0.1, 0.15) is 4.88 Å². The van der Waals surface area contributed by atoms with Crippen LogP contribution in [0.3, 0.4) is 0 Å². The zero-order chi connectivity index (χ0) is 16.1. The fourth-order valence-corrected chi connectivity index (χ4v) is 2.59. The third-order valence-corrected chi connectivity index (χ3v) is 3.76. The summed E-state index contributed by atoms with van der Waals surface area (Å²) in [5.74, 6) is 0.0169. The quantitative estimate of drug-likeness (QED) is 0.574. The number of nitrogen functional groups attached to an aromatic ring is 1. The molecule has 0 atom stereocenters. The Morgan fingerprint density at radius 3 is 3.05 bits per heavy atom. The van der Waals surface area contributed by atoms with Crippen molar-refractivity contribution in [1.82, 2.24) is 10.4 Å². The number of hydrogen-bond acceptors (Lipinski definition) is 7. The number of carbonyl (C=O) groups is 1. The number of aromatic hydroxyl groups is 1. The Labute approximate surface area is 131 Å². The van der Waals surface area contributed by atoms with Gasteiger partial charge < -0.3 is 15.6 Å². The molecule has 0 spiro atoms. The van der Waals surface area contributed by atoms with Crippen LogP contribution >= 0.6 is 11.3 Å². The largest absolute Gasteiger partial charge is 0.504 e. The number of amides is 1. The SMILES string of the molecule is CCc1nc(N)sc1C(=O)NN=Cc1ccc(O)c(OC)c1. The monoisotopic (exact) mass is 320 g/mol. The molecule has 0 unspecified atom stereocenters. The molecular weight excluding hydrogens is 304 g/mol. The molecule has 1 heterocycles.